The van der Waals surface area contributed by atoms with Crippen LogP contribution in [0, 0.1) is 0 Å². The zero-order valence-electron chi connectivity index (χ0n) is 13.3. The quantitative estimate of drug-likeness (QED) is 0.647. The molecule has 1 atom stereocenters. The normalized spacial score (nSPS) is 11.9. The van der Waals surface area contributed by atoms with Crippen LogP contribution in [0.25, 0.3) is 11.4 Å². The van der Waals surface area contributed by atoms with Gasteiger partial charge in [0.2, 0.25) is 5.82 Å². The molecule has 2 aromatic heterocycles. The summed E-state index contributed by atoms with van der Waals surface area (Å²) in [7, 11) is 0. The summed E-state index contributed by atoms with van der Waals surface area (Å²) in [6.07, 6.45) is 3.97. The smallest absolute Gasteiger partial charge is 0.313 e. The number of aromatic nitrogens is 3. The van der Waals surface area contributed by atoms with Crippen LogP contribution in [0.1, 0.15) is 30.7 Å². The maximum atomic E-state index is 12.3. The molecule has 0 aliphatic carbocycles. The maximum Gasteiger partial charge on any atom is 0.313 e. The van der Waals surface area contributed by atoms with Gasteiger partial charge in [-0.1, -0.05) is 42.4 Å². The Kier molecular flexibility index (Phi) is 4.96. The standard InChI is InChI=1S/C18H17N3O3/c1-2-15(13-7-4-3-5-8-13)18(22)23-12-16-20-17(21-24-16)14-9-6-10-19-11-14/h3-11,15H,2,12H2,1H3/t15-/m0/s1. The third kappa shape index (κ3) is 3.65. The fourth-order valence-electron chi connectivity index (χ4n) is 2.38. The van der Waals surface area contributed by atoms with Gasteiger partial charge in [-0.15, -0.1) is 0 Å². The average molecular weight is 323 g/mol. The highest BCUT2D eigenvalue weighted by atomic mass is 16.6. The maximum absolute atomic E-state index is 12.3. The average Bonchev–Trinajstić information content (AvgIpc) is 3.11. The molecule has 2 heterocycles. The molecule has 0 fully saturated rings. The van der Waals surface area contributed by atoms with Gasteiger partial charge < -0.3 is 9.26 Å². The van der Waals surface area contributed by atoms with Gasteiger partial charge in [0.05, 0.1) is 5.92 Å². The van der Waals surface area contributed by atoms with E-state index < -0.39 is 0 Å². The van der Waals surface area contributed by atoms with Gasteiger partial charge in [0, 0.05) is 18.0 Å². The topological polar surface area (TPSA) is 78.1 Å². The molecule has 0 radical (unpaired) electrons. The van der Waals surface area contributed by atoms with Crippen LogP contribution in [0.4, 0.5) is 0 Å². The number of hydrogen-bond acceptors (Lipinski definition) is 6. The second-order valence-corrected chi connectivity index (χ2v) is 5.23. The van der Waals surface area contributed by atoms with E-state index in [4.69, 9.17) is 9.26 Å². The third-order valence-electron chi connectivity index (χ3n) is 3.62. The highest BCUT2D eigenvalue weighted by molar-refractivity contribution is 5.78. The van der Waals surface area contributed by atoms with Gasteiger partial charge in [-0.2, -0.15) is 4.98 Å². The first kappa shape index (κ1) is 15.9. The molecule has 0 amide bonds. The van der Waals surface area contributed by atoms with Crippen LogP contribution in [-0.4, -0.2) is 21.1 Å². The van der Waals surface area contributed by atoms with Crippen LogP contribution in [-0.2, 0) is 16.1 Å². The zero-order valence-corrected chi connectivity index (χ0v) is 13.3. The first-order valence-electron chi connectivity index (χ1n) is 7.72. The summed E-state index contributed by atoms with van der Waals surface area (Å²) in [5.74, 6) is 0.0751. The van der Waals surface area contributed by atoms with Gasteiger partial charge in [-0.25, -0.2) is 0 Å². The molecular weight excluding hydrogens is 306 g/mol. The van der Waals surface area contributed by atoms with E-state index in [1.807, 2.05) is 43.3 Å². The number of carbonyl (C=O) groups is 1. The van der Waals surface area contributed by atoms with E-state index in [0.717, 1.165) is 11.1 Å². The number of nitrogens with zero attached hydrogens (tertiary/aromatic N) is 3. The van der Waals surface area contributed by atoms with Gasteiger partial charge in [-0.3, -0.25) is 9.78 Å². The van der Waals surface area contributed by atoms with Crippen molar-refractivity contribution in [3.63, 3.8) is 0 Å². The van der Waals surface area contributed by atoms with Crippen LogP contribution in [0.3, 0.4) is 0 Å². The van der Waals surface area contributed by atoms with Crippen LogP contribution in [0.15, 0.2) is 59.4 Å². The third-order valence-corrected chi connectivity index (χ3v) is 3.62. The lowest BCUT2D eigenvalue weighted by atomic mass is 9.97. The summed E-state index contributed by atoms with van der Waals surface area (Å²) in [5, 5.41) is 3.87. The van der Waals surface area contributed by atoms with Crippen molar-refractivity contribution in [3.05, 3.63) is 66.3 Å². The van der Waals surface area contributed by atoms with Crippen LogP contribution in [0.2, 0.25) is 0 Å². The van der Waals surface area contributed by atoms with Crippen LogP contribution in [0.5, 0.6) is 0 Å². The summed E-state index contributed by atoms with van der Waals surface area (Å²) in [5.41, 5.74) is 1.68. The number of benzene rings is 1. The number of rotatable bonds is 6. The van der Waals surface area contributed by atoms with Crippen molar-refractivity contribution in [1.82, 2.24) is 15.1 Å². The lowest BCUT2D eigenvalue weighted by molar-refractivity contribution is -0.147. The van der Waals surface area contributed by atoms with Crippen molar-refractivity contribution in [2.45, 2.75) is 25.9 Å². The predicted molar refractivity (Wildman–Crippen MR) is 86.8 cm³/mol. The molecule has 0 spiro atoms. The summed E-state index contributed by atoms with van der Waals surface area (Å²) >= 11 is 0. The van der Waals surface area contributed by atoms with Crippen LogP contribution < -0.4 is 0 Å². The Hall–Kier alpha value is -3.02. The molecule has 24 heavy (non-hydrogen) atoms. The zero-order chi connectivity index (χ0) is 16.8. The Labute approximate surface area is 139 Å². The minimum Gasteiger partial charge on any atom is -0.455 e. The molecule has 122 valence electrons. The Bertz CT molecular complexity index is 788. The van der Waals surface area contributed by atoms with Crippen molar-refractivity contribution in [2.24, 2.45) is 0 Å². The lowest BCUT2D eigenvalue weighted by Crippen LogP contribution is -2.15. The number of hydrogen-bond donors (Lipinski definition) is 0. The first-order valence-corrected chi connectivity index (χ1v) is 7.72. The van der Waals surface area contributed by atoms with Gasteiger partial charge >= 0.3 is 5.97 Å². The predicted octanol–water partition coefficient (Wildman–Crippen LogP) is 3.37. The molecule has 0 unspecified atom stereocenters. The Balaban J connectivity index is 1.63. The molecule has 6 heteroatoms. The molecule has 0 aliphatic rings. The Morgan fingerprint density at radius 3 is 2.75 bits per heavy atom. The molecule has 3 aromatic rings. The minimum atomic E-state index is -0.301. The Morgan fingerprint density at radius 1 is 1.21 bits per heavy atom. The largest absolute Gasteiger partial charge is 0.455 e. The van der Waals surface area contributed by atoms with E-state index >= 15 is 0 Å². The summed E-state index contributed by atoms with van der Waals surface area (Å²) in [4.78, 5) is 20.5. The van der Waals surface area contributed by atoms with Crippen molar-refractivity contribution < 1.29 is 14.1 Å². The summed E-state index contributed by atoms with van der Waals surface area (Å²) in [6, 6.07) is 13.2. The highest BCUT2D eigenvalue weighted by Crippen LogP contribution is 2.21. The van der Waals surface area contributed by atoms with E-state index in [1.54, 1.807) is 18.5 Å². The molecular formula is C18H17N3O3. The van der Waals surface area contributed by atoms with E-state index in [9.17, 15) is 4.79 Å². The second kappa shape index (κ2) is 7.50. The molecule has 6 nitrogen and oxygen atoms in total. The lowest BCUT2D eigenvalue weighted by Gasteiger charge is -2.13. The Morgan fingerprint density at radius 2 is 2.04 bits per heavy atom. The van der Waals surface area contributed by atoms with Gasteiger partial charge in [0.15, 0.2) is 6.61 Å². The number of esters is 1. The molecule has 1 aromatic carbocycles. The summed E-state index contributed by atoms with van der Waals surface area (Å²) < 4.78 is 10.5. The number of ether oxygens (including phenoxy) is 1. The van der Waals surface area contributed by atoms with Crippen molar-refractivity contribution in [2.75, 3.05) is 0 Å². The monoisotopic (exact) mass is 323 g/mol. The van der Waals surface area contributed by atoms with Gasteiger partial charge in [-0.05, 0) is 24.1 Å². The molecule has 0 saturated carbocycles. The van der Waals surface area contributed by atoms with Crippen molar-refractivity contribution in [1.29, 1.82) is 0 Å². The molecule has 3 rings (SSSR count). The molecule has 0 saturated heterocycles. The fraction of sp³-hybridized carbons (Fsp3) is 0.222. The first-order chi connectivity index (χ1) is 11.8. The van der Waals surface area contributed by atoms with Gasteiger partial charge in [0.1, 0.15) is 0 Å². The molecule has 0 aliphatic heterocycles. The van der Waals surface area contributed by atoms with Gasteiger partial charge in [0.25, 0.3) is 5.89 Å². The van der Waals surface area contributed by atoms with E-state index in [1.165, 1.54) is 0 Å². The summed E-state index contributed by atoms with van der Waals surface area (Å²) in [6.45, 7) is 1.90. The number of carbonyl (C=O) groups excluding carboxylic acids is 1. The van der Waals surface area contributed by atoms with Crippen molar-refractivity contribution >= 4 is 5.97 Å². The van der Waals surface area contributed by atoms with E-state index in [-0.39, 0.29) is 24.4 Å². The SMILES string of the molecule is CC[C@H](C(=O)OCc1nc(-c2cccnc2)no1)c1ccccc1. The minimum absolute atomic E-state index is 0.0462. The highest BCUT2D eigenvalue weighted by Gasteiger charge is 2.21. The number of pyridine rings is 1. The molecule has 0 bridgehead atoms. The van der Waals surface area contributed by atoms with Crippen molar-refractivity contribution in [3.8, 4) is 11.4 Å². The molecule has 0 N–H and O–H groups in total. The van der Waals surface area contributed by atoms with E-state index in [0.29, 0.717) is 12.2 Å². The fourth-order valence-corrected chi connectivity index (χ4v) is 2.38. The van der Waals surface area contributed by atoms with E-state index in [2.05, 4.69) is 15.1 Å². The second-order valence-electron chi connectivity index (χ2n) is 5.23. The van der Waals surface area contributed by atoms with Crippen LogP contribution >= 0.6 is 0 Å².